The van der Waals surface area contributed by atoms with Gasteiger partial charge in [-0.25, -0.2) is 22.2 Å². The molecule has 84 valence electrons. The summed E-state index contributed by atoms with van der Waals surface area (Å²) >= 11 is 4.43. The Morgan fingerprint density at radius 2 is 2.07 bits per heavy atom. The molecular weight excluding hydrogens is 430 g/mol. The van der Waals surface area contributed by atoms with E-state index in [0.717, 1.165) is 6.07 Å². The third-order valence-electron chi connectivity index (χ3n) is 1.42. The van der Waals surface area contributed by atoms with Crippen LogP contribution < -0.4 is 0 Å². The SMILES string of the molecule is O=S(=O)(Cl)c1cc(Br)nc(I)c1C(F)F. The summed E-state index contributed by atoms with van der Waals surface area (Å²) in [5.74, 6) is 0. The summed E-state index contributed by atoms with van der Waals surface area (Å²) in [6.07, 6.45) is -2.94. The Morgan fingerprint density at radius 1 is 1.53 bits per heavy atom. The lowest BCUT2D eigenvalue weighted by Gasteiger charge is -2.08. The number of pyridine rings is 1. The van der Waals surface area contributed by atoms with Crippen molar-refractivity contribution in [3.63, 3.8) is 0 Å². The van der Waals surface area contributed by atoms with Crippen molar-refractivity contribution in [1.29, 1.82) is 0 Å². The molecule has 0 atom stereocenters. The monoisotopic (exact) mass is 431 g/mol. The quantitative estimate of drug-likeness (QED) is 0.409. The van der Waals surface area contributed by atoms with E-state index < -0.39 is 25.9 Å². The first-order valence-electron chi connectivity index (χ1n) is 3.32. The fourth-order valence-electron chi connectivity index (χ4n) is 0.873. The second-order valence-corrected chi connectivity index (χ2v) is 6.75. The zero-order chi connectivity index (χ0) is 11.8. The average molecular weight is 432 g/mol. The summed E-state index contributed by atoms with van der Waals surface area (Å²) in [5.41, 5.74) is -0.672. The molecule has 0 aliphatic carbocycles. The van der Waals surface area contributed by atoms with Gasteiger partial charge in [0.05, 0.1) is 10.5 Å². The van der Waals surface area contributed by atoms with Gasteiger partial charge in [0.1, 0.15) is 8.30 Å². The van der Waals surface area contributed by atoms with Gasteiger partial charge in [-0.2, -0.15) is 0 Å². The molecule has 0 aliphatic heterocycles. The molecule has 0 bridgehead atoms. The van der Waals surface area contributed by atoms with Crippen LogP contribution in [0.25, 0.3) is 0 Å². The van der Waals surface area contributed by atoms with Gasteiger partial charge in [-0.15, -0.1) is 0 Å². The molecule has 0 N–H and O–H groups in total. The Labute approximate surface area is 111 Å². The van der Waals surface area contributed by atoms with Crippen molar-refractivity contribution in [3.8, 4) is 0 Å². The fourth-order valence-corrected chi connectivity index (χ4v) is 3.82. The molecular formula is C6H2BrClF2INO2S. The number of hydrogen-bond acceptors (Lipinski definition) is 3. The van der Waals surface area contributed by atoms with E-state index in [1.807, 2.05) is 0 Å². The maximum Gasteiger partial charge on any atom is 0.267 e. The molecule has 15 heavy (non-hydrogen) atoms. The van der Waals surface area contributed by atoms with E-state index in [0.29, 0.717) is 0 Å². The maximum absolute atomic E-state index is 12.6. The van der Waals surface area contributed by atoms with E-state index in [1.54, 1.807) is 0 Å². The number of aromatic nitrogens is 1. The molecule has 0 radical (unpaired) electrons. The van der Waals surface area contributed by atoms with E-state index in [-0.39, 0.29) is 8.30 Å². The zero-order valence-electron chi connectivity index (χ0n) is 6.72. The van der Waals surface area contributed by atoms with Crippen molar-refractivity contribution >= 4 is 58.3 Å². The molecule has 0 spiro atoms. The number of hydrogen-bond donors (Lipinski definition) is 0. The summed E-state index contributed by atoms with van der Waals surface area (Å²) in [4.78, 5) is 3.05. The average Bonchev–Trinajstić information content (AvgIpc) is 1.99. The minimum Gasteiger partial charge on any atom is -0.234 e. The van der Waals surface area contributed by atoms with Gasteiger partial charge in [-0.1, -0.05) is 0 Å². The third-order valence-corrected chi connectivity index (χ3v) is 4.01. The Bertz CT molecular complexity index is 496. The zero-order valence-corrected chi connectivity index (χ0v) is 12.0. The summed E-state index contributed by atoms with van der Waals surface area (Å²) in [5, 5.41) is 0. The first-order chi connectivity index (χ1) is 6.73. The van der Waals surface area contributed by atoms with Gasteiger partial charge < -0.3 is 0 Å². The van der Waals surface area contributed by atoms with Crippen molar-refractivity contribution < 1.29 is 17.2 Å². The normalized spacial score (nSPS) is 12.1. The molecule has 3 nitrogen and oxygen atoms in total. The van der Waals surface area contributed by atoms with E-state index in [4.69, 9.17) is 10.7 Å². The molecule has 1 aromatic heterocycles. The molecule has 1 heterocycles. The van der Waals surface area contributed by atoms with Gasteiger partial charge in [0.2, 0.25) is 0 Å². The highest BCUT2D eigenvalue weighted by Crippen LogP contribution is 2.33. The predicted octanol–water partition coefficient (Wildman–Crippen LogP) is 3.31. The number of halogens is 5. The van der Waals surface area contributed by atoms with Crippen LogP contribution in [0, 0.1) is 3.70 Å². The van der Waals surface area contributed by atoms with Crippen molar-refractivity contribution in [2.75, 3.05) is 0 Å². The van der Waals surface area contributed by atoms with Gasteiger partial charge in [-0.3, -0.25) is 0 Å². The summed E-state index contributed by atoms with van der Waals surface area (Å²) in [7, 11) is 0.833. The Balaban J connectivity index is 3.62. The van der Waals surface area contributed by atoms with Crippen LogP contribution in [0.3, 0.4) is 0 Å². The minimum absolute atomic E-state index is 0.101. The first kappa shape index (κ1) is 13.5. The topological polar surface area (TPSA) is 47.0 Å². The number of nitrogens with zero attached hydrogens (tertiary/aromatic N) is 1. The van der Waals surface area contributed by atoms with Crippen molar-refractivity contribution in [3.05, 3.63) is 19.9 Å². The van der Waals surface area contributed by atoms with Crippen molar-refractivity contribution in [2.24, 2.45) is 0 Å². The second-order valence-electron chi connectivity index (χ2n) is 2.39. The van der Waals surface area contributed by atoms with Crippen LogP contribution in [0.5, 0.6) is 0 Å². The molecule has 1 aromatic rings. The highest BCUT2D eigenvalue weighted by molar-refractivity contribution is 14.1. The molecule has 9 heteroatoms. The lowest BCUT2D eigenvalue weighted by atomic mass is 10.3. The fraction of sp³-hybridized carbons (Fsp3) is 0.167. The van der Waals surface area contributed by atoms with Gasteiger partial charge in [0, 0.05) is 10.7 Å². The van der Waals surface area contributed by atoms with Crippen LogP contribution in [-0.4, -0.2) is 13.4 Å². The predicted molar refractivity (Wildman–Crippen MR) is 62.6 cm³/mol. The molecule has 0 aliphatic rings. The van der Waals surface area contributed by atoms with Crippen LogP contribution in [0.1, 0.15) is 12.0 Å². The summed E-state index contributed by atoms with van der Waals surface area (Å²) in [6.45, 7) is 0. The van der Waals surface area contributed by atoms with E-state index in [1.165, 1.54) is 22.6 Å². The molecule has 0 saturated carbocycles. The van der Waals surface area contributed by atoms with Crippen molar-refractivity contribution in [2.45, 2.75) is 11.3 Å². The van der Waals surface area contributed by atoms with Gasteiger partial charge in [-0.05, 0) is 44.6 Å². The van der Waals surface area contributed by atoms with Crippen molar-refractivity contribution in [1.82, 2.24) is 4.98 Å². The lowest BCUT2D eigenvalue weighted by molar-refractivity contribution is 0.146. The lowest BCUT2D eigenvalue weighted by Crippen LogP contribution is -2.03. The minimum atomic E-state index is -4.21. The van der Waals surface area contributed by atoms with Gasteiger partial charge >= 0.3 is 0 Å². The first-order valence-corrected chi connectivity index (χ1v) is 7.50. The van der Waals surface area contributed by atoms with Gasteiger partial charge in [0.15, 0.2) is 0 Å². The standard InChI is InChI=1S/C6H2BrClF2INO2S/c7-3-1-2(15(8,13)14)4(5(9)10)6(11)12-3/h1,5H. The number of alkyl halides is 2. The van der Waals surface area contributed by atoms with E-state index in [9.17, 15) is 17.2 Å². The third kappa shape index (κ3) is 3.21. The van der Waals surface area contributed by atoms with Crippen LogP contribution >= 0.6 is 49.2 Å². The largest absolute Gasteiger partial charge is 0.267 e. The Hall–Kier alpha value is 0.460. The number of rotatable bonds is 2. The summed E-state index contributed by atoms with van der Waals surface area (Å²) in [6, 6.07) is 0.950. The van der Waals surface area contributed by atoms with E-state index in [2.05, 4.69) is 20.9 Å². The summed E-state index contributed by atoms with van der Waals surface area (Å²) < 4.78 is 47.3. The van der Waals surface area contributed by atoms with Crippen LogP contribution in [0.15, 0.2) is 15.6 Å². The molecule has 0 saturated heterocycles. The molecule has 0 amide bonds. The Morgan fingerprint density at radius 3 is 2.47 bits per heavy atom. The molecule has 0 fully saturated rings. The highest BCUT2D eigenvalue weighted by Gasteiger charge is 2.26. The van der Waals surface area contributed by atoms with Crippen LogP contribution in [-0.2, 0) is 9.05 Å². The van der Waals surface area contributed by atoms with Crippen LogP contribution in [0.2, 0.25) is 0 Å². The Kier molecular flexibility index (Phi) is 4.29. The second kappa shape index (κ2) is 4.76. The van der Waals surface area contributed by atoms with Crippen LogP contribution in [0.4, 0.5) is 8.78 Å². The highest BCUT2D eigenvalue weighted by atomic mass is 127. The molecule has 0 unspecified atom stereocenters. The maximum atomic E-state index is 12.6. The van der Waals surface area contributed by atoms with E-state index >= 15 is 0 Å². The van der Waals surface area contributed by atoms with Gasteiger partial charge in [0.25, 0.3) is 15.5 Å². The smallest absolute Gasteiger partial charge is 0.234 e. The molecule has 1 rings (SSSR count). The molecule has 0 aromatic carbocycles.